The highest BCUT2D eigenvalue weighted by Gasteiger charge is 2.27. The van der Waals surface area contributed by atoms with Crippen LogP contribution in [0.25, 0.3) is 0 Å². The summed E-state index contributed by atoms with van der Waals surface area (Å²) >= 11 is 7.06. The molecule has 1 amide bonds. The molecule has 0 aliphatic rings. The van der Waals surface area contributed by atoms with E-state index in [4.69, 9.17) is 16.1 Å². The topological polar surface area (TPSA) is 105 Å². The van der Waals surface area contributed by atoms with Crippen LogP contribution in [0.2, 0.25) is 5.02 Å². The molecule has 0 fully saturated rings. The van der Waals surface area contributed by atoms with Gasteiger partial charge in [0.15, 0.2) is 5.76 Å². The van der Waals surface area contributed by atoms with Crippen LogP contribution in [0, 0.1) is 27.7 Å². The second-order valence-corrected chi connectivity index (χ2v) is 10.7. The Morgan fingerprint density at radius 2 is 1.91 bits per heavy atom. The monoisotopic (exact) mass is 496 g/mol. The van der Waals surface area contributed by atoms with E-state index in [2.05, 4.69) is 20.1 Å². The maximum atomic E-state index is 13.1. The van der Waals surface area contributed by atoms with E-state index in [1.807, 2.05) is 40.9 Å². The Morgan fingerprint density at radius 3 is 2.50 bits per heavy atom. The van der Waals surface area contributed by atoms with Crippen LogP contribution in [0.15, 0.2) is 26.9 Å². The molecule has 0 radical (unpaired) electrons. The molecular weight excluding hydrogens is 472 g/mol. The summed E-state index contributed by atoms with van der Waals surface area (Å²) in [6.45, 7) is 8.19. The smallest absolute Gasteiger partial charge is 0.267 e. The molecule has 172 valence electrons. The van der Waals surface area contributed by atoms with Crippen molar-refractivity contribution in [1.82, 2.24) is 10.1 Å². The normalized spacial score (nSPS) is 11.8. The summed E-state index contributed by atoms with van der Waals surface area (Å²) in [5.41, 5.74) is 4.79. The highest BCUT2D eigenvalue weighted by Crippen LogP contribution is 2.32. The van der Waals surface area contributed by atoms with Gasteiger partial charge in [0.05, 0.1) is 0 Å². The van der Waals surface area contributed by atoms with E-state index in [0.29, 0.717) is 5.69 Å². The summed E-state index contributed by atoms with van der Waals surface area (Å²) in [5.74, 6) is -0.347. The number of nitrogens with one attached hydrogen (secondary N) is 2. The lowest BCUT2D eigenvalue weighted by Gasteiger charge is -2.20. The first kappa shape index (κ1) is 24.2. The largest absolute Gasteiger partial charge is 0.358 e. The summed E-state index contributed by atoms with van der Waals surface area (Å²) in [6, 6.07) is 3.39. The third kappa shape index (κ3) is 4.83. The number of carbonyl (C=O) groups is 1. The number of sulfonamides is 1. The minimum Gasteiger partial charge on any atom is -0.358 e. The van der Waals surface area contributed by atoms with Gasteiger partial charge in [0.2, 0.25) is 5.82 Å². The minimum absolute atomic E-state index is 0.0578. The van der Waals surface area contributed by atoms with Crippen molar-refractivity contribution in [3.63, 3.8) is 0 Å². The van der Waals surface area contributed by atoms with Gasteiger partial charge in [0, 0.05) is 12.2 Å². The fraction of sp³-hybridized carbons (Fsp3) is 0.333. The second-order valence-electron chi connectivity index (χ2n) is 7.80. The summed E-state index contributed by atoms with van der Waals surface area (Å²) in [4.78, 5) is 15.1. The van der Waals surface area contributed by atoms with Gasteiger partial charge in [-0.25, -0.2) is 8.42 Å². The summed E-state index contributed by atoms with van der Waals surface area (Å²) < 4.78 is 33.0. The van der Waals surface area contributed by atoms with Crippen molar-refractivity contribution in [3.05, 3.63) is 55.4 Å². The number of aromatic nitrogens is 1. The number of aryl methyl sites for hydroxylation is 3. The first-order valence-corrected chi connectivity index (χ1v) is 12.4. The zero-order valence-electron chi connectivity index (χ0n) is 18.7. The van der Waals surface area contributed by atoms with E-state index in [1.165, 1.54) is 6.07 Å². The van der Waals surface area contributed by atoms with Crippen molar-refractivity contribution >= 4 is 50.4 Å². The molecule has 0 atom stereocenters. The quantitative estimate of drug-likeness (QED) is 0.489. The van der Waals surface area contributed by atoms with E-state index >= 15 is 0 Å². The lowest BCUT2D eigenvalue weighted by atomic mass is 9.96. The van der Waals surface area contributed by atoms with Gasteiger partial charge in [-0.05, 0) is 75.5 Å². The molecule has 3 aromatic rings. The standard InChI is InChI=1S/C21H25ClN4O4S2/c1-11-9-12(2)18(13(3)15(11)10-26(5)6)23-21(27)19-16(7-8-31-19)32(28,29)25-20-17(22)14(4)30-24-20/h7-9H,10H2,1-6H3,(H,23,27)(H,24,25). The van der Waals surface area contributed by atoms with Gasteiger partial charge in [-0.1, -0.05) is 22.8 Å². The molecule has 1 aromatic carbocycles. The van der Waals surface area contributed by atoms with Crippen molar-refractivity contribution in [3.8, 4) is 0 Å². The van der Waals surface area contributed by atoms with E-state index in [-0.39, 0.29) is 26.4 Å². The molecule has 2 aromatic heterocycles. The van der Waals surface area contributed by atoms with Crippen LogP contribution in [0.4, 0.5) is 11.5 Å². The molecule has 0 aliphatic carbocycles. The molecule has 2 heterocycles. The average molecular weight is 497 g/mol. The minimum atomic E-state index is -4.11. The van der Waals surface area contributed by atoms with E-state index < -0.39 is 15.9 Å². The van der Waals surface area contributed by atoms with Crippen LogP contribution in [0.5, 0.6) is 0 Å². The molecule has 0 saturated carbocycles. The number of rotatable bonds is 7. The summed E-state index contributed by atoms with van der Waals surface area (Å²) in [7, 11) is -0.149. The zero-order chi connectivity index (χ0) is 23.8. The van der Waals surface area contributed by atoms with Crippen LogP contribution in [-0.2, 0) is 16.6 Å². The third-order valence-electron chi connectivity index (χ3n) is 4.99. The predicted octanol–water partition coefficient (Wildman–Crippen LogP) is 4.74. The average Bonchev–Trinajstić information content (AvgIpc) is 3.31. The Labute approximate surface area is 196 Å². The van der Waals surface area contributed by atoms with Gasteiger partial charge in [-0.3, -0.25) is 9.52 Å². The number of amides is 1. The van der Waals surface area contributed by atoms with E-state index in [1.54, 1.807) is 12.3 Å². The fourth-order valence-corrected chi connectivity index (χ4v) is 5.93. The van der Waals surface area contributed by atoms with E-state index in [0.717, 1.165) is 40.1 Å². The van der Waals surface area contributed by atoms with Crippen molar-refractivity contribution in [2.75, 3.05) is 24.1 Å². The van der Waals surface area contributed by atoms with Gasteiger partial charge in [-0.15, -0.1) is 11.3 Å². The molecular formula is C21H25ClN4O4S2. The molecule has 2 N–H and O–H groups in total. The first-order chi connectivity index (χ1) is 14.9. The Hall–Kier alpha value is -2.40. The zero-order valence-corrected chi connectivity index (χ0v) is 21.0. The van der Waals surface area contributed by atoms with Crippen LogP contribution in [0.1, 0.15) is 37.7 Å². The van der Waals surface area contributed by atoms with Crippen molar-refractivity contribution in [2.45, 2.75) is 39.1 Å². The highest BCUT2D eigenvalue weighted by molar-refractivity contribution is 7.93. The van der Waals surface area contributed by atoms with Gasteiger partial charge in [0.1, 0.15) is 14.8 Å². The van der Waals surface area contributed by atoms with Gasteiger partial charge < -0.3 is 14.7 Å². The molecule has 0 bridgehead atoms. The Kier molecular flexibility index (Phi) is 6.99. The van der Waals surface area contributed by atoms with Crippen molar-refractivity contribution in [1.29, 1.82) is 0 Å². The number of benzene rings is 1. The number of thiophene rings is 1. The van der Waals surface area contributed by atoms with Gasteiger partial charge in [0.25, 0.3) is 15.9 Å². The van der Waals surface area contributed by atoms with E-state index in [9.17, 15) is 13.2 Å². The Bertz CT molecular complexity index is 1280. The fourth-order valence-electron chi connectivity index (χ4n) is 3.43. The molecule has 0 spiro atoms. The Morgan fingerprint density at radius 1 is 1.22 bits per heavy atom. The molecule has 0 unspecified atom stereocenters. The molecule has 0 aliphatic heterocycles. The van der Waals surface area contributed by atoms with Gasteiger partial charge in [-0.2, -0.15) is 0 Å². The van der Waals surface area contributed by atoms with Crippen LogP contribution >= 0.6 is 22.9 Å². The number of nitrogens with zero attached hydrogens (tertiary/aromatic N) is 2. The lowest BCUT2D eigenvalue weighted by Crippen LogP contribution is -2.20. The summed E-state index contributed by atoms with van der Waals surface area (Å²) in [5, 5.41) is 8.14. The highest BCUT2D eigenvalue weighted by atomic mass is 35.5. The molecule has 0 saturated heterocycles. The van der Waals surface area contributed by atoms with Crippen molar-refractivity contribution < 1.29 is 17.7 Å². The third-order valence-corrected chi connectivity index (χ3v) is 7.86. The molecule has 3 rings (SSSR count). The van der Waals surface area contributed by atoms with Crippen LogP contribution in [0.3, 0.4) is 0 Å². The molecule has 11 heteroatoms. The number of carbonyl (C=O) groups excluding carboxylic acids is 1. The number of halogens is 1. The molecule has 8 nitrogen and oxygen atoms in total. The SMILES string of the molecule is Cc1cc(C)c(NC(=O)c2sccc2S(=O)(=O)Nc2noc(C)c2Cl)c(C)c1CN(C)C. The number of hydrogen-bond acceptors (Lipinski definition) is 7. The predicted molar refractivity (Wildman–Crippen MR) is 127 cm³/mol. The molecule has 32 heavy (non-hydrogen) atoms. The second kappa shape index (κ2) is 9.22. The van der Waals surface area contributed by atoms with Crippen LogP contribution < -0.4 is 10.0 Å². The number of anilines is 2. The van der Waals surface area contributed by atoms with Crippen molar-refractivity contribution in [2.24, 2.45) is 0 Å². The summed E-state index contributed by atoms with van der Waals surface area (Å²) in [6.07, 6.45) is 0. The Balaban J connectivity index is 1.93. The maximum Gasteiger partial charge on any atom is 0.267 e. The van der Waals surface area contributed by atoms with Crippen LogP contribution in [-0.4, -0.2) is 38.5 Å². The maximum absolute atomic E-state index is 13.1. The van der Waals surface area contributed by atoms with Gasteiger partial charge >= 0.3 is 0 Å². The number of hydrogen-bond donors (Lipinski definition) is 2. The first-order valence-electron chi connectivity index (χ1n) is 9.70. The lowest BCUT2D eigenvalue weighted by molar-refractivity contribution is 0.102.